The van der Waals surface area contributed by atoms with Crippen LogP contribution >= 0.6 is 0 Å². The number of ether oxygens (including phenoxy) is 1. The lowest BCUT2D eigenvalue weighted by molar-refractivity contribution is -0.924. The van der Waals surface area contributed by atoms with Gasteiger partial charge in [-0.15, -0.1) is 0 Å². The molecule has 2 N–H and O–H groups in total. The van der Waals surface area contributed by atoms with Gasteiger partial charge in [-0.25, -0.2) is 5.43 Å². The highest BCUT2D eigenvalue weighted by Gasteiger charge is 2.37. The zero-order chi connectivity index (χ0) is 24.2. The lowest BCUT2D eigenvalue weighted by Gasteiger charge is -2.40. The number of likely N-dealkylation sites (tertiary alicyclic amines) is 1. The molecule has 2 aromatic heterocycles. The van der Waals surface area contributed by atoms with Crippen LogP contribution in [0.15, 0.2) is 70.8 Å². The van der Waals surface area contributed by atoms with E-state index in [2.05, 4.69) is 27.6 Å². The molecule has 180 valence electrons. The number of carbonyl (C=O) groups excluding carboxylic acids is 1. The molecule has 8 heteroatoms. The molecule has 3 aromatic rings. The van der Waals surface area contributed by atoms with Gasteiger partial charge >= 0.3 is 0 Å². The molecule has 5 rings (SSSR count). The third-order valence-electron chi connectivity index (χ3n) is 6.82. The average molecular weight is 473 g/mol. The predicted octanol–water partition coefficient (Wildman–Crippen LogP) is 1.61. The highest BCUT2D eigenvalue weighted by Crippen LogP contribution is 2.30. The van der Waals surface area contributed by atoms with E-state index in [1.54, 1.807) is 36.8 Å². The van der Waals surface area contributed by atoms with Crippen molar-refractivity contribution in [3.63, 3.8) is 0 Å². The summed E-state index contributed by atoms with van der Waals surface area (Å²) in [5, 5.41) is 4.14. The van der Waals surface area contributed by atoms with E-state index in [0.717, 1.165) is 49.5 Å². The molecular weight excluding hydrogens is 442 g/mol. The molecule has 35 heavy (non-hydrogen) atoms. The molecule has 0 radical (unpaired) electrons. The number of amides is 1. The van der Waals surface area contributed by atoms with Crippen LogP contribution in [0.25, 0.3) is 0 Å². The van der Waals surface area contributed by atoms with Gasteiger partial charge in [0.1, 0.15) is 12.3 Å². The van der Waals surface area contributed by atoms with Crippen LogP contribution in [0.2, 0.25) is 0 Å². The van der Waals surface area contributed by atoms with Crippen LogP contribution in [0, 0.1) is 5.92 Å². The van der Waals surface area contributed by atoms with E-state index in [0.29, 0.717) is 24.0 Å². The normalized spacial score (nSPS) is 20.9. The molecule has 1 saturated heterocycles. The van der Waals surface area contributed by atoms with Crippen molar-refractivity contribution in [1.82, 2.24) is 15.0 Å². The zero-order valence-electron chi connectivity index (χ0n) is 19.8. The molecule has 3 unspecified atom stereocenters. The molecular formula is C27H30N5O3+. The van der Waals surface area contributed by atoms with Gasteiger partial charge in [0, 0.05) is 53.7 Å². The molecule has 0 saturated carbocycles. The summed E-state index contributed by atoms with van der Waals surface area (Å²) in [4.78, 5) is 30.0. The van der Waals surface area contributed by atoms with Gasteiger partial charge in [0.15, 0.2) is 0 Å². The number of pyridine rings is 2. The predicted molar refractivity (Wildman–Crippen MR) is 133 cm³/mol. The Bertz CT molecular complexity index is 1290. The monoisotopic (exact) mass is 472 g/mol. The average Bonchev–Trinajstić information content (AvgIpc) is 2.87. The van der Waals surface area contributed by atoms with E-state index in [9.17, 15) is 9.59 Å². The Morgan fingerprint density at radius 3 is 2.91 bits per heavy atom. The number of quaternary nitrogens is 1. The van der Waals surface area contributed by atoms with Crippen molar-refractivity contribution >= 4 is 12.1 Å². The number of nitrogens with one attached hydrogen (secondary N) is 2. The Morgan fingerprint density at radius 1 is 1.23 bits per heavy atom. The Labute approximate surface area is 204 Å². The minimum Gasteiger partial charge on any atom is -0.493 e. The van der Waals surface area contributed by atoms with Crippen molar-refractivity contribution < 1.29 is 14.4 Å². The summed E-state index contributed by atoms with van der Waals surface area (Å²) in [5.74, 6) is 1.50. The first-order chi connectivity index (χ1) is 17.1. The molecule has 1 fully saturated rings. The summed E-state index contributed by atoms with van der Waals surface area (Å²) < 4.78 is 7.89. The Hall–Kier alpha value is -3.78. The zero-order valence-corrected chi connectivity index (χ0v) is 19.8. The quantitative estimate of drug-likeness (QED) is 0.404. The van der Waals surface area contributed by atoms with Gasteiger partial charge in [-0.1, -0.05) is 6.07 Å². The maximum absolute atomic E-state index is 12.3. The molecule has 1 aromatic carbocycles. The van der Waals surface area contributed by atoms with E-state index in [1.807, 2.05) is 29.7 Å². The molecule has 8 nitrogen and oxygen atoms in total. The van der Waals surface area contributed by atoms with Gasteiger partial charge < -0.3 is 14.2 Å². The minimum atomic E-state index is -0.279. The van der Waals surface area contributed by atoms with Crippen LogP contribution in [0.3, 0.4) is 0 Å². The summed E-state index contributed by atoms with van der Waals surface area (Å²) >= 11 is 0. The number of hydrazone groups is 1. The van der Waals surface area contributed by atoms with Crippen LogP contribution in [0.1, 0.15) is 46.4 Å². The fraction of sp³-hybridized carbons (Fsp3) is 0.333. The molecule has 3 atom stereocenters. The lowest BCUT2D eigenvalue weighted by atomic mass is 9.83. The SMILES string of the molecule is CCOc1ccc(C=NNC(=O)c2ccncc2)cc1C[NH+]1CC2CC(C1)c1cccc(=O)n1C2. The standard InChI is InChI=1S/C27H29N5O3/c1-2-35-25-7-6-19(14-29-30-27(34)21-8-10-28-11-9-21)12-23(25)18-31-15-20-13-22(17-31)24-4-3-5-26(33)32(24)16-20/h3-12,14,20,22H,2,13,15-18H2,1H3,(H,30,34)/p+1. The second-order valence-electron chi connectivity index (χ2n) is 9.27. The number of hydrogen-bond donors (Lipinski definition) is 2. The number of rotatable bonds is 7. The number of aromatic nitrogens is 2. The van der Waals surface area contributed by atoms with E-state index in [4.69, 9.17) is 4.74 Å². The highest BCUT2D eigenvalue weighted by molar-refractivity contribution is 5.94. The first-order valence-corrected chi connectivity index (χ1v) is 12.1. The van der Waals surface area contributed by atoms with E-state index in [-0.39, 0.29) is 11.5 Å². The summed E-state index contributed by atoms with van der Waals surface area (Å²) in [5.41, 5.74) is 6.37. The van der Waals surface area contributed by atoms with Crippen LogP contribution in [-0.4, -0.2) is 41.4 Å². The smallest absolute Gasteiger partial charge is 0.271 e. The van der Waals surface area contributed by atoms with E-state index >= 15 is 0 Å². The van der Waals surface area contributed by atoms with Crippen molar-refractivity contribution in [3.8, 4) is 5.75 Å². The minimum absolute atomic E-state index is 0.113. The summed E-state index contributed by atoms with van der Waals surface area (Å²) in [6.45, 7) is 6.25. The largest absolute Gasteiger partial charge is 0.493 e. The summed E-state index contributed by atoms with van der Waals surface area (Å²) in [6.07, 6.45) is 5.95. The maximum Gasteiger partial charge on any atom is 0.271 e. The van der Waals surface area contributed by atoms with Gasteiger partial charge in [-0.3, -0.25) is 14.6 Å². The highest BCUT2D eigenvalue weighted by atomic mass is 16.5. The molecule has 2 bridgehead atoms. The number of piperidine rings is 1. The third-order valence-corrected chi connectivity index (χ3v) is 6.82. The Morgan fingerprint density at radius 2 is 2.09 bits per heavy atom. The Kier molecular flexibility index (Phi) is 6.72. The fourth-order valence-corrected chi connectivity index (χ4v) is 5.38. The summed E-state index contributed by atoms with van der Waals surface area (Å²) in [7, 11) is 0. The van der Waals surface area contributed by atoms with Crippen LogP contribution in [0.4, 0.5) is 0 Å². The first-order valence-electron chi connectivity index (χ1n) is 12.1. The number of fused-ring (bicyclic) bond motifs is 4. The first kappa shape index (κ1) is 23.0. The topological polar surface area (TPSA) is 90.0 Å². The molecule has 0 aliphatic carbocycles. The van der Waals surface area contributed by atoms with Crippen molar-refractivity contribution in [2.75, 3.05) is 19.7 Å². The number of carbonyl (C=O) groups is 1. The Balaban J connectivity index is 1.30. The van der Waals surface area contributed by atoms with Crippen LogP contribution in [-0.2, 0) is 13.1 Å². The van der Waals surface area contributed by atoms with Crippen LogP contribution < -0.4 is 20.6 Å². The van der Waals surface area contributed by atoms with Crippen molar-refractivity contribution in [2.45, 2.75) is 32.4 Å². The van der Waals surface area contributed by atoms with Crippen LogP contribution in [0.5, 0.6) is 5.75 Å². The molecule has 2 aliphatic heterocycles. The van der Waals surface area contributed by atoms with Gasteiger partial charge in [0.2, 0.25) is 0 Å². The molecule has 2 aliphatic rings. The number of nitrogens with zero attached hydrogens (tertiary/aromatic N) is 3. The second-order valence-corrected chi connectivity index (χ2v) is 9.27. The number of hydrogen-bond acceptors (Lipinski definition) is 5. The van der Waals surface area contributed by atoms with E-state index in [1.165, 1.54) is 10.6 Å². The molecule has 1 amide bonds. The van der Waals surface area contributed by atoms with Gasteiger partial charge in [0.05, 0.1) is 25.9 Å². The lowest BCUT2D eigenvalue weighted by Crippen LogP contribution is -3.13. The maximum atomic E-state index is 12.3. The van der Waals surface area contributed by atoms with Gasteiger partial charge in [-0.2, -0.15) is 5.10 Å². The van der Waals surface area contributed by atoms with Gasteiger partial charge in [-0.05, 0) is 55.3 Å². The fourth-order valence-electron chi connectivity index (χ4n) is 5.38. The third kappa shape index (κ3) is 5.17. The second kappa shape index (κ2) is 10.2. The number of benzene rings is 1. The summed E-state index contributed by atoms with van der Waals surface area (Å²) in [6, 6.07) is 14.9. The molecule has 0 spiro atoms. The van der Waals surface area contributed by atoms with E-state index < -0.39 is 0 Å². The van der Waals surface area contributed by atoms with Crippen molar-refractivity contribution in [3.05, 3.63) is 93.7 Å². The van der Waals surface area contributed by atoms with Crippen molar-refractivity contribution in [1.29, 1.82) is 0 Å². The van der Waals surface area contributed by atoms with Crippen molar-refractivity contribution in [2.24, 2.45) is 11.0 Å². The van der Waals surface area contributed by atoms with Gasteiger partial charge in [0.25, 0.3) is 11.5 Å². The molecule has 4 heterocycles.